The minimum atomic E-state index is -0.547. The molecule has 1 amide bonds. The zero-order chi connectivity index (χ0) is 8.97. The molecule has 0 spiro atoms. The molecule has 0 fully saturated rings. The van der Waals surface area contributed by atoms with Gasteiger partial charge in [-0.25, -0.2) is 9.97 Å². The van der Waals surface area contributed by atoms with Crippen LogP contribution in [-0.4, -0.2) is 21.9 Å². The van der Waals surface area contributed by atoms with Crippen molar-refractivity contribution in [2.45, 2.75) is 13.0 Å². The van der Waals surface area contributed by atoms with E-state index in [1.165, 1.54) is 0 Å². The second-order valence-electron chi connectivity index (χ2n) is 2.35. The molecule has 5 nitrogen and oxygen atoms in total. The SMILES string of the molecule is C[C@@H](N)C(=O)Nc1ncccn1. The van der Waals surface area contributed by atoms with E-state index < -0.39 is 6.04 Å². The van der Waals surface area contributed by atoms with E-state index in [9.17, 15) is 4.79 Å². The van der Waals surface area contributed by atoms with Gasteiger partial charge >= 0.3 is 0 Å². The molecule has 0 unspecified atom stereocenters. The molecule has 3 N–H and O–H groups in total. The fraction of sp³-hybridized carbons (Fsp3) is 0.286. The molecule has 1 rings (SSSR count). The summed E-state index contributed by atoms with van der Waals surface area (Å²) < 4.78 is 0. The Labute approximate surface area is 70.0 Å². The Morgan fingerprint density at radius 1 is 1.58 bits per heavy atom. The number of carbonyl (C=O) groups excluding carboxylic acids is 1. The maximum absolute atomic E-state index is 11.0. The third kappa shape index (κ3) is 2.28. The number of amides is 1. The molecule has 0 radical (unpaired) electrons. The maximum atomic E-state index is 11.0. The van der Waals surface area contributed by atoms with Crippen LogP contribution in [-0.2, 0) is 4.79 Å². The predicted octanol–water partition coefficient (Wildman–Crippen LogP) is -0.238. The number of nitrogens with two attached hydrogens (primary N) is 1. The third-order valence-corrected chi connectivity index (χ3v) is 1.21. The molecule has 0 bridgehead atoms. The Hall–Kier alpha value is -1.49. The van der Waals surface area contributed by atoms with Crippen molar-refractivity contribution in [3.05, 3.63) is 18.5 Å². The van der Waals surface area contributed by atoms with Crippen molar-refractivity contribution in [2.75, 3.05) is 5.32 Å². The van der Waals surface area contributed by atoms with Gasteiger partial charge in [-0.15, -0.1) is 0 Å². The molecule has 0 saturated heterocycles. The maximum Gasteiger partial charge on any atom is 0.243 e. The van der Waals surface area contributed by atoms with Crippen LogP contribution in [0.2, 0.25) is 0 Å². The minimum Gasteiger partial charge on any atom is -0.320 e. The number of anilines is 1. The van der Waals surface area contributed by atoms with E-state index in [2.05, 4.69) is 15.3 Å². The number of hydrogen-bond donors (Lipinski definition) is 2. The molecule has 0 aromatic carbocycles. The summed E-state index contributed by atoms with van der Waals surface area (Å²) in [6.45, 7) is 1.60. The first-order valence-electron chi connectivity index (χ1n) is 3.53. The van der Waals surface area contributed by atoms with Crippen molar-refractivity contribution < 1.29 is 4.79 Å². The van der Waals surface area contributed by atoms with Crippen LogP contribution in [0.15, 0.2) is 18.5 Å². The summed E-state index contributed by atoms with van der Waals surface area (Å²) in [6.07, 6.45) is 3.09. The van der Waals surface area contributed by atoms with Gasteiger partial charge in [0.25, 0.3) is 0 Å². The minimum absolute atomic E-state index is 0.278. The van der Waals surface area contributed by atoms with Crippen molar-refractivity contribution in [3.8, 4) is 0 Å². The quantitative estimate of drug-likeness (QED) is 0.635. The number of aromatic nitrogens is 2. The van der Waals surface area contributed by atoms with E-state index in [1.807, 2.05) is 0 Å². The van der Waals surface area contributed by atoms with Crippen molar-refractivity contribution >= 4 is 11.9 Å². The van der Waals surface area contributed by atoms with Gasteiger partial charge in [0.05, 0.1) is 6.04 Å². The molecule has 0 saturated carbocycles. The summed E-state index contributed by atoms with van der Waals surface area (Å²) in [5, 5.41) is 2.46. The molecular weight excluding hydrogens is 156 g/mol. The van der Waals surface area contributed by atoms with Gasteiger partial charge in [-0.05, 0) is 13.0 Å². The number of hydrogen-bond acceptors (Lipinski definition) is 4. The third-order valence-electron chi connectivity index (χ3n) is 1.21. The van der Waals surface area contributed by atoms with E-state index in [0.29, 0.717) is 0 Å². The second kappa shape index (κ2) is 3.77. The molecule has 1 atom stereocenters. The Morgan fingerprint density at radius 3 is 2.67 bits per heavy atom. The van der Waals surface area contributed by atoms with Crippen LogP contribution >= 0.6 is 0 Å². The van der Waals surface area contributed by atoms with Crippen LogP contribution in [0.25, 0.3) is 0 Å². The number of nitrogens with zero attached hydrogens (tertiary/aromatic N) is 2. The largest absolute Gasteiger partial charge is 0.320 e. The van der Waals surface area contributed by atoms with Gasteiger partial charge in [-0.2, -0.15) is 0 Å². The standard InChI is InChI=1S/C7H10N4O/c1-5(8)6(12)11-7-9-3-2-4-10-7/h2-5H,8H2,1H3,(H,9,10,11,12)/t5-/m1/s1. The van der Waals surface area contributed by atoms with Crippen molar-refractivity contribution in [3.63, 3.8) is 0 Å². The zero-order valence-corrected chi connectivity index (χ0v) is 6.69. The van der Waals surface area contributed by atoms with Crippen LogP contribution in [0.3, 0.4) is 0 Å². The van der Waals surface area contributed by atoms with E-state index in [1.54, 1.807) is 25.4 Å². The van der Waals surface area contributed by atoms with Gasteiger partial charge in [0, 0.05) is 12.4 Å². The summed E-state index contributed by atoms with van der Waals surface area (Å²) in [4.78, 5) is 18.6. The highest BCUT2D eigenvalue weighted by molar-refractivity contribution is 5.92. The van der Waals surface area contributed by atoms with Crippen molar-refractivity contribution in [2.24, 2.45) is 5.73 Å². The Kier molecular flexibility index (Phi) is 2.71. The van der Waals surface area contributed by atoms with Crippen LogP contribution in [0.5, 0.6) is 0 Å². The average molecular weight is 166 g/mol. The highest BCUT2D eigenvalue weighted by atomic mass is 16.2. The molecule has 5 heteroatoms. The summed E-state index contributed by atoms with van der Waals surface area (Å²) in [5.41, 5.74) is 5.32. The van der Waals surface area contributed by atoms with Crippen LogP contribution < -0.4 is 11.1 Å². The van der Waals surface area contributed by atoms with Crippen LogP contribution in [0, 0.1) is 0 Å². The molecule has 1 aromatic heterocycles. The van der Waals surface area contributed by atoms with Crippen LogP contribution in [0.4, 0.5) is 5.95 Å². The first-order chi connectivity index (χ1) is 5.70. The van der Waals surface area contributed by atoms with E-state index in [-0.39, 0.29) is 11.9 Å². The lowest BCUT2D eigenvalue weighted by molar-refractivity contribution is -0.117. The fourth-order valence-electron chi connectivity index (χ4n) is 0.588. The Balaban J connectivity index is 2.59. The number of carbonyl (C=O) groups is 1. The average Bonchev–Trinajstić information content (AvgIpc) is 2.06. The lowest BCUT2D eigenvalue weighted by Crippen LogP contribution is -2.33. The number of nitrogens with one attached hydrogen (secondary N) is 1. The molecule has 12 heavy (non-hydrogen) atoms. The smallest absolute Gasteiger partial charge is 0.243 e. The summed E-state index contributed by atoms with van der Waals surface area (Å²) in [5.74, 6) is -0.0130. The van der Waals surface area contributed by atoms with Gasteiger partial charge in [0.15, 0.2) is 0 Å². The lowest BCUT2D eigenvalue weighted by atomic mass is 10.3. The molecule has 0 aliphatic heterocycles. The molecule has 1 heterocycles. The Bertz CT molecular complexity index is 259. The summed E-state index contributed by atoms with van der Waals surface area (Å²) in [7, 11) is 0. The van der Waals surface area contributed by atoms with E-state index in [4.69, 9.17) is 5.73 Å². The zero-order valence-electron chi connectivity index (χ0n) is 6.69. The van der Waals surface area contributed by atoms with Gasteiger partial charge in [0.1, 0.15) is 0 Å². The monoisotopic (exact) mass is 166 g/mol. The molecular formula is C7H10N4O. The van der Waals surface area contributed by atoms with Gasteiger partial charge in [0.2, 0.25) is 11.9 Å². The van der Waals surface area contributed by atoms with Crippen molar-refractivity contribution in [1.29, 1.82) is 0 Å². The highest BCUT2D eigenvalue weighted by Gasteiger charge is 2.07. The van der Waals surface area contributed by atoms with Gasteiger partial charge in [-0.3, -0.25) is 10.1 Å². The molecule has 0 aliphatic rings. The van der Waals surface area contributed by atoms with Crippen molar-refractivity contribution in [1.82, 2.24) is 9.97 Å². The van der Waals surface area contributed by atoms with E-state index >= 15 is 0 Å². The van der Waals surface area contributed by atoms with Gasteiger partial charge < -0.3 is 5.73 Å². The Morgan fingerprint density at radius 2 is 2.17 bits per heavy atom. The predicted molar refractivity (Wildman–Crippen MR) is 44.3 cm³/mol. The molecule has 0 aliphatic carbocycles. The van der Waals surface area contributed by atoms with Crippen LogP contribution in [0.1, 0.15) is 6.92 Å². The second-order valence-corrected chi connectivity index (χ2v) is 2.35. The fourth-order valence-corrected chi connectivity index (χ4v) is 0.588. The highest BCUT2D eigenvalue weighted by Crippen LogP contribution is 1.94. The summed E-state index contributed by atoms with van der Waals surface area (Å²) >= 11 is 0. The first-order valence-corrected chi connectivity index (χ1v) is 3.53. The molecule has 1 aromatic rings. The summed E-state index contributed by atoms with van der Waals surface area (Å²) in [6, 6.07) is 1.12. The molecule has 64 valence electrons. The first kappa shape index (κ1) is 8.61. The lowest BCUT2D eigenvalue weighted by Gasteiger charge is -2.04. The topological polar surface area (TPSA) is 80.9 Å². The normalized spacial score (nSPS) is 12.2. The van der Waals surface area contributed by atoms with E-state index in [0.717, 1.165) is 0 Å². The number of rotatable bonds is 2. The van der Waals surface area contributed by atoms with Gasteiger partial charge in [-0.1, -0.05) is 0 Å².